The summed E-state index contributed by atoms with van der Waals surface area (Å²) in [4.78, 5) is 24.3. The quantitative estimate of drug-likeness (QED) is 0.668. The Balaban J connectivity index is 2.17. The summed E-state index contributed by atoms with van der Waals surface area (Å²) in [6.45, 7) is 2.66. The minimum Gasteiger partial charge on any atom is -0.322 e. The number of amides is 2. The monoisotopic (exact) mass is 297 g/mol. The number of nitrogens with zero attached hydrogens (tertiary/aromatic N) is 2. The Morgan fingerprint density at radius 3 is 2.90 bits per heavy atom. The summed E-state index contributed by atoms with van der Waals surface area (Å²) < 4.78 is 0. The average molecular weight is 298 g/mol. The first kappa shape index (κ1) is 14.6. The Morgan fingerprint density at radius 1 is 1.50 bits per heavy atom. The van der Waals surface area contributed by atoms with Crippen LogP contribution in [0.2, 0.25) is 5.02 Å². The summed E-state index contributed by atoms with van der Waals surface area (Å²) in [6, 6.07) is 4.05. The van der Waals surface area contributed by atoms with Crippen LogP contribution in [-0.4, -0.2) is 28.4 Å². The van der Waals surface area contributed by atoms with E-state index in [9.17, 15) is 14.9 Å². The van der Waals surface area contributed by atoms with Crippen LogP contribution in [0.3, 0.4) is 0 Å². The smallest absolute Gasteiger partial charge is 0.322 e. The average Bonchev–Trinajstić information content (AvgIpc) is 2.41. The molecule has 0 bridgehead atoms. The number of likely N-dealkylation sites (tertiary alicyclic amines) is 1. The van der Waals surface area contributed by atoms with Crippen LogP contribution in [0.15, 0.2) is 18.2 Å². The van der Waals surface area contributed by atoms with Gasteiger partial charge in [0.25, 0.3) is 5.69 Å². The fraction of sp³-hybridized carbons (Fsp3) is 0.462. The first-order chi connectivity index (χ1) is 9.49. The minimum atomic E-state index is -0.554. The molecule has 0 saturated carbocycles. The van der Waals surface area contributed by atoms with Crippen molar-refractivity contribution in [2.45, 2.75) is 32.2 Å². The molecule has 1 N–H and O–H groups in total. The van der Waals surface area contributed by atoms with Gasteiger partial charge in [-0.3, -0.25) is 10.1 Å². The Labute approximate surface area is 121 Å². The third-order valence-electron chi connectivity index (χ3n) is 3.46. The van der Waals surface area contributed by atoms with Gasteiger partial charge >= 0.3 is 6.03 Å². The number of anilines is 1. The molecule has 108 valence electrons. The zero-order chi connectivity index (χ0) is 14.7. The van der Waals surface area contributed by atoms with Crippen molar-refractivity contribution < 1.29 is 9.72 Å². The topological polar surface area (TPSA) is 75.5 Å². The molecule has 1 aromatic rings. The summed E-state index contributed by atoms with van der Waals surface area (Å²) >= 11 is 5.74. The highest BCUT2D eigenvalue weighted by atomic mass is 35.5. The van der Waals surface area contributed by atoms with Gasteiger partial charge in [-0.1, -0.05) is 11.6 Å². The number of carbonyl (C=O) groups excluding carboxylic acids is 1. The van der Waals surface area contributed by atoms with Crippen LogP contribution in [0.5, 0.6) is 0 Å². The zero-order valence-electron chi connectivity index (χ0n) is 11.1. The first-order valence-corrected chi connectivity index (χ1v) is 6.88. The normalized spacial score (nSPS) is 18.7. The summed E-state index contributed by atoms with van der Waals surface area (Å²) in [7, 11) is 0. The molecule has 2 rings (SSSR count). The van der Waals surface area contributed by atoms with E-state index in [1.54, 1.807) is 4.90 Å². The van der Waals surface area contributed by atoms with Crippen LogP contribution < -0.4 is 5.32 Å². The Morgan fingerprint density at radius 2 is 2.25 bits per heavy atom. The summed E-state index contributed by atoms with van der Waals surface area (Å²) in [5.41, 5.74) is -0.0299. The summed E-state index contributed by atoms with van der Waals surface area (Å²) in [6.07, 6.45) is 3.02. The fourth-order valence-corrected chi connectivity index (χ4v) is 2.51. The van der Waals surface area contributed by atoms with Crippen molar-refractivity contribution in [2.75, 3.05) is 11.9 Å². The lowest BCUT2D eigenvalue weighted by atomic mass is 10.0. The highest BCUT2D eigenvalue weighted by molar-refractivity contribution is 6.31. The van der Waals surface area contributed by atoms with Crippen LogP contribution in [0.25, 0.3) is 0 Å². The lowest BCUT2D eigenvalue weighted by Crippen LogP contribution is -2.44. The molecule has 0 spiro atoms. The number of nitro benzene ring substituents is 1. The Hall–Kier alpha value is -1.82. The number of hydrogen-bond acceptors (Lipinski definition) is 3. The van der Waals surface area contributed by atoms with Crippen molar-refractivity contribution >= 4 is 29.0 Å². The Kier molecular flexibility index (Phi) is 4.44. The molecule has 2 amide bonds. The van der Waals surface area contributed by atoms with E-state index < -0.39 is 4.92 Å². The second-order valence-corrected chi connectivity index (χ2v) is 5.32. The van der Waals surface area contributed by atoms with Gasteiger partial charge in [-0.15, -0.1) is 0 Å². The van der Waals surface area contributed by atoms with Gasteiger partial charge in [0.15, 0.2) is 0 Å². The van der Waals surface area contributed by atoms with Crippen molar-refractivity contribution in [1.29, 1.82) is 0 Å². The van der Waals surface area contributed by atoms with Crippen LogP contribution >= 0.6 is 11.6 Å². The van der Waals surface area contributed by atoms with Crippen LogP contribution in [0, 0.1) is 10.1 Å². The number of halogens is 1. The van der Waals surface area contributed by atoms with E-state index >= 15 is 0 Å². The minimum absolute atomic E-state index is 0.148. The number of carbonyl (C=O) groups is 1. The van der Waals surface area contributed by atoms with Crippen molar-refractivity contribution in [1.82, 2.24) is 4.90 Å². The maximum Gasteiger partial charge on any atom is 0.322 e. The van der Waals surface area contributed by atoms with Gasteiger partial charge in [0.05, 0.1) is 4.92 Å². The molecule has 1 aromatic carbocycles. The van der Waals surface area contributed by atoms with Crippen molar-refractivity contribution in [3.8, 4) is 0 Å². The molecular formula is C13H16ClN3O3. The van der Waals surface area contributed by atoms with Crippen molar-refractivity contribution in [3.63, 3.8) is 0 Å². The fourth-order valence-electron chi connectivity index (χ4n) is 2.35. The van der Waals surface area contributed by atoms with Crippen molar-refractivity contribution in [2.24, 2.45) is 0 Å². The summed E-state index contributed by atoms with van der Waals surface area (Å²) in [5, 5.41) is 13.8. The maximum atomic E-state index is 12.2. The van der Waals surface area contributed by atoms with E-state index in [0.29, 0.717) is 6.54 Å². The van der Waals surface area contributed by atoms with Crippen LogP contribution in [0.4, 0.5) is 16.2 Å². The molecule has 7 heteroatoms. The van der Waals surface area contributed by atoms with Gasteiger partial charge in [-0.2, -0.15) is 0 Å². The van der Waals surface area contributed by atoms with Gasteiger partial charge < -0.3 is 10.2 Å². The van der Waals surface area contributed by atoms with E-state index in [1.165, 1.54) is 18.2 Å². The second kappa shape index (κ2) is 6.09. The molecule has 0 unspecified atom stereocenters. The molecule has 1 aliphatic heterocycles. The molecule has 0 aliphatic carbocycles. The molecule has 0 aromatic heterocycles. The molecule has 0 radical (unpaired) electrons. The van der Waals surface area contributed by atoms with Crippen LogP contribution in [-0.2, 0) is 0 Å². The number of urea groups is 1. The van der Waals surface area contributed by atoms with E-state index in [1.807, 2.05) is 6.92 Å². The van der Waals surface area contributed by atoms with Gasteiger partial charge in [0.2, 0.25) is 0 Å². The standard InChI is InChI=1S/C13H16ClN3O3/c1-9-4-2-3-7-16(9)13(18)15-11-6-5-10(14)8-12(11)17(19)20/h5-6,8-9H,2-4,7H2,1H3,(H,15,18)/t9-/m0/s1. The van der Waals surface area contributed by atoms with E-state index in [-0.39, 0.29) is 28.5 Å². The Bertz CT molecular complexity index is 536. The molecule has 1 fully saturated rings. The summed E-state index contributed by atoms with van der Waals surface area (Å²) in [5.74, 6) is 0. The van der Waals surface area contributed by atoms with E-state index in [4.69, 9.17) is 11.6 Å². The number of nitrogens with one attached hydrogen (secondary N) is 1. The second-order valence-electron chi connectivity index (χ2n) is 4.89. The number of nitro groups is 1. The molecule has 1 aliphatic rings. The third kappa shape index (κ3) is 3.19. The number of hydrogen-bond donors (Lipinski definition) is 1. The number of rotatable bonds is 2. The maximum absolute atomic E-state index is 12.2. The number of benzene rings is 1. The van der Waals surface area contributed by atoms with Gasteiger partial charge in [0, 0.05) is 23.7 Å². The molecule has 6 nitrogen and oxygen atoms in total. The zero-order valence-corrected chi connectivity index (χ0v) is 11.9. The van der Waals surface area contributed by atoms with Gasteiger partial charge in [0.1, 0.15) is 5.69 Å². The molecule has 1 atom stereocenters. The van der Waals surface area contributed by atoms with Crippen molar-refractivity contribution in [3.05, 3.63) is 33.3 Å². The first-order valence-electron chi connectivity index (χ1n) is 6.50. The largest absolute Gasteiger partial charge is 0.322 e. The predicted molar refractivity (Wildman–Crippen MR) is 77.1 cm³/mol. The highest BCUT2D eigenvalue weighted by Crippen LogP contribution is 2.28. The van der Waals surface area contributed by atoms with Gasteiger partial charge in [-0.25, -0.2) is 4.79 Å². The van der Waals surface area contributed by atoms with E-state index in [0.717, 1.165) is 19.3 Å². The van der Waals surface area contributed by atoms with E-state index in [2.05, 4.69) is 5.32 Å². The van der Waals surface area contributed by atoms with Gasteiger partial charge in [-0.05, 0) is 38.3 Å². The molecule has 1 heterocycles. The lowest BCUT2D eigenvalue weighted by Gasteiger charge is -2.33. The highest BCUT2D eigenvalue weighted by Gasteiger charge is 2.25. The van der Waals surface area contributed by atoms with Crippen LogP contribution in [0.1, 0.15) is 26.2 Å². The SMILES string of the molecule is C[C@H]1CCCCN1C(=O)Nc1ccc(Cl)cc1[N+](=O)[O-]. The molecular weight excluding hydrogens is 282 g/mol. The third-order valence-corrected chi connectivity index (χ3v) is 3.70. The molecule has 20 heavy (non-hydrogen) atoms. The molecule has 1 saturated heterocycles. The lowest BCUT2D eigenvalue weighted by molar-refractivity contribution is -0.383. The predicted octanol–water partition coefficient (Wildman–Crippen LogP) is 3.65. The number of piperidine rings is 1.